The molecule has 4 rings (SSSR count). The minimum absolute atomic E-state index is 0.0343. The summed E-state index contributed by atoms with van der Waals surface area (Å²) in [5.41, 5.74) is 2.49. The molecule has 0 saturated heterocycles. The number of sulfonamides is 1. The smallest absolute Gasteiger partial charge is 0.258 e. The molecule has 3 heterocycles. The molecular weight excluding hydrogens is 502 g/mol. The molecular formula is C20H20BrN5O3S2. The van der Waals surface area contributed by atoms with Crippen LogP contribution in [0.2, 0.25) is 0 Å². The molecule has 11 heteroatoms. The van der Waals surface area contributed by atoms with Crippen LogP contribution in [-0.4, -0.2) is 27.4 Å². The second kappa shape index (κ2) is 8.73. The first-order valence-corrected chi connectivity index (χ1v) is 12.9. The molecule has 162 valence electrons. The Bertz CT molecular complexity index is 1450. The van der Waals surface area contributed by atoms with Gasteiger partial charge in [-0.2, -0.15) is 0 Å². The van der Waals surface area contributed by atoms with Crippen LogP contribution in [0.4, 0.5) is 0 Å². The molecule has 0 spiro atoms. The SMILES string of the molecule is CCCCn1c(SCc2cc(=O)n3cc(Br)ccc3n2)nc2cc(S(N)(=O)=O)ccc21. The number of thioether (sulfide) groups is 1. The highest BCUT2D eigenvalue weighted by Crippen LogP contribution is 2.28. The first kappa shape index (κ1) is 22.0. The molecule has 0 unspecified atom stereocenters. The van der Waals surface area contributed by atoms with Gasteiger partial charge >= 0.3 is 0 Å². The molecule has 0 bridgehead atoms. The Morgan fingerprint density at radius 3 is 2.71 bits per heavy atom. The van der Waals surface area contributed by atoms with Gasteiger partial charge in [-0.15, -0.1) is 0 Å². The molecule has 31 heavy (non-hydrogen) atoms. The van der Waals surface area contributed by atoms with Crippen LogP contribution in [-0.2, 0) is 22.3 Å². The number of imidazole rings is 1. The monoisotopic (exact) mass is 521 g/mol. The number of nitrogens with two attached hydrogens (primary N) is 1. The standard InChI is InChI=1S/C20H20BrN5O3S2/c1-2-3-8-25-17-6-5-15(31(22,28)29)10-16(17)24-20(25)30-12-14-9-19(27)26-11-13(21)4-7-18(26)23-14/h4-7,9-11H,2-3,8,12H2,1H3,(H2,22,28,29). The van der Waals surface area contributed by atoms with E-state index in [2.05, 4.69) is 37.4 Å². The lowest BCUT2D eigenvalue weighted by atomic mass is 10.3. The molecule has 0 radical (unpaired) electrons. The quantitative estimate of drug-likeness (QED) is 0.372. The molecule has 0 aliphatic rings. The molecule has 0 saturated carbocycles. The van der Waals surface area contributed by atoms with Crippen LogP contribution in [0.25, 0.3) is 16.7 Å². The van der Waals surface area contributed by atoms with Crippen molar-refractivity contribution >= 4 is 54.4 Å². The fourth-order valence-electron chi connectivity index (χ4n) is 3.25. The van der Waals surface area contributed by atoms with Crippen molar-refractivity contribution in [3.63, 3.8) is 0 Å². The van der Waals surface area contributed by atoms with Gasteiger partial charge in [-0.05, 0) is 52.7 Å². The summed E-state index contributed by atoms with van der Waals surface area (Å²) in [5.74, 6) is 0.458. The highest BCUT2D eigenvalue weighted by Gasteiger charge is 2.16. The maximum Gasteiger partial charge on any atom is 0.258 e. The van der Waals surface area contributed by atoms with Gasteiger partial charge in [0.1, 0.15) is 5.65 Å². The molecule has 0 atom stereocenters. The lowest BCUT2D eigenvalue weighted by molar-refractivity contribution is 0.597. The van der Waals surface area contributed by atoms with Crippen LogP contribution in [0, 0.1) is 0 Å². The minimum atomic E-state index is -3.81. The number of fused-ring (bicyclic) bond motifs is 2. The van der Waals surface area contributed by atoms with Crippen LogP contribution in [0.3, 0.4) is 0 Å². The van der Waals surface area contributed by atoms with E-state index in [0.29, 0.717) is 22.6 Å². The van der Waals surface area contributed by atoms with Gasteiger partial charge in [-0.1, -0.05) is 25.1 Å². The van der Waals surface area contributed by atoms with Crippen molar-refractivity contribution in [2.45, 2.75) is 42.1 Å². The number of aryl methyl sites for hydroxylation is 1. The van der Waals surface area contributed by atoms with Crippen molar-refractivity contribution in [2.75, 3.05) is 0 Å². The molecule has 0 aliphatic carbocycles. The highest BCUT2D eigenvalue weighted by atomic mass is 79.9. The maximum absolute atomic E-state index is 12.4. The van der Waals surface area contributed by atoms with Crippen molar-refractivity contribution < 1.29 is 8.42 Å². The zero-order valence-corrected chi connectivity index (χ0v) is 19.9. The minimum Gasteiger partial charge on any atom is -0.319 e. The average Bonchev–Trinajstić information content (AvgIpc) is 3.07. The van der Waals surface area contributed by atoms with Crippen molar-refractivity contribution in [3.8, 4) is 0 Å². The molecule has 2 N–H and O–H groups in total. The molecule has 0 aliphatic heterocycles. The number of halogens is 1. The Balaban J connectivity index is 1.69. The van der Waals surface area contributed by atoms with Crippen molar-refractivity contribution in [3.05, 3.63) is 63.1 Å². The molecule has 1 aromatic carbocycles. The van der Waals surface area contributed by atoms with Gasteiger partial charge in [0.2, 0.25) is 10.0 Å². The summed E-state index contributed by atoms with van der Waals surface area (Å²) in [6.45, 7) is 2.86. The topological polar surface area (TPSA) is 112 Å². The fraction of sp³-hybridized carbons (Fsp3) is 0.250. The van der Waals surface area contributed by atoms with Gasteiger partial charge in [-0.3, -0.25) is 9.20 Å². The second-order valence-corrected chi connectivity index (χ2v) is 10.5. The van der Waals surface area contributed by atoms with Gasteiger partial charge in [0.15, 0.2) is 5.16 Å². The van der Waals surface area contributed by atoms with E-state index in [0.717, 1.165) is 34.5 Å². The zero-order valence-electron chi connectivity index (χ0n) is 16.7. The van der Waals surface area contributed by atoms with Crippen LogP contribution in [0.15, 0.2) is 61.9 Å². The zero-order chi connectivity index (χ0) is 22.2. The number of nitrogens with zero attached hydrogens (tertiary/aromatic N) is 4. The molecule has 3 aromatic heterocycles. The van der Waals surface area contributed by atoms with E-state index in [-0.39, 0.29) is 10.5 Å². The lowest BCUT2D eigenvalue weighted by Crippen LogP contribution is -2.15. The van der Waals surface area contributed by atoms with E-state index in [1.165, 1.54) is 34.4 Å². The van der Waals surface area contributed by atoms with Crippen molar-refractivity contribution in [1.29, 1.82) is 0 Å². The van der Waals surface area contributed by atoms with Gasteiger partial charge in [0, 0.05) is 29.0 Å². The third-order valence-electron chi connectivity index (χ3n) is 4.77. The van der Waals surface area contributed by atoms with Gasteiger partial charge in [0.25, 0.3) is 5.56 Å². The molecule has 4 aromatic rings. The average molecular weight is 522 g/mol. The summed E-state index contributed by atoms with van der Waals surface area (Å²) in [6.07, 6.45) is 3.66. The van der Waals surface area contributed by atoms with E-state index in [4.69, 9.17) is 5.14 Å². The van der Waals surface area contributed by atoms with E-state index in [1.54, 1.807) is 18.3 Å². The van der Waals surface area contributed by atoms with E-state index in [9.17, 15) is 13.2 Å². The molecule has 8 nitrogen and oxygen atoms in total. The van der Waals surface area contributed by atoms with Crippen molar-refractivity contribution in [1.82, 2.24) is 18.9 Å². The van der Waals surface area contributed by atoms with E-state index < -0.39 is 10.0 Å². The first-order valence-electron chi connectivity index (χ1n) is 9.60. The van der Waals surface area contributed by atoms with E-state index >= 15 is 0 Å². The van der Waals surface area contributed by atoms with Crippen molar-refractivity contribution in [2.24, 2.45) is 5.14 Å². The number of primary sulfonamides is 1. The Morgan fingerprint density at radius 1 is 1.16 bits per heavy atom. The Hall–Kier alpha value is -2.21. The van der Waals surface area contributed by atoms with Gasteiger partial charge in [0.05, 0.1) is 21.6 Å². The number of rotatable bonds is 7. The predicted octanol–water partition coefficient (Wildman–Crippen LogP) is 3.55. The Kier molecular flexibility index (Phi) is 6.20. The third-order valence-corrected chi connectivity index (χ3v) is 7.16. The summed E-state index contributed by atoms with van der Waals surface area (Å²) in [5, 5.41) is 6.01. The summed E-state index contributed by atoms with van der Waals surface area (Å²) in [6, 6.07) is 9.87. The number of aromatic nitrogens is 4. The van der Waals surface area contributed by atoms with Crippen LogP contribution < -0.4 is 10.7 Å². The predicted molar refractivity (Wildman–Crippen MR) is 125 cm³/mol. The van der Waals surface area contributed by atoms with Crippen LogP contribution in [0.1, 0.15) is 25.5 Å². The molecule has 0 amide bonds. The second-order valence-electron chi connectivity index (χ2n) is 7.05. The Labute approximate surface area is 191 Å². The number of benzene rings is 1. The number of pyridine rings is 1. The number of hydrogen-bond acceptors (Lipinski definition) is 6. The van der Waals surface area contributed by atoms with Crippen LogP contribution >= 0.6 is 27.7 Å². The lowest BCUT2D eigenvalue weighted by Gasteiger charge is -2.09. The van der Waals surface area contributed by atoms with Crippen LogP contribution in [0.5, 0.6) is 0 Å². The fourth-order valence-corrected chi connectivity index (χ4v) is 5.05. The normalized spacial score (nSPS) is 12.1. The summed E-state index contributed by atoms with van der Waals surface area (Å²) >= 11 is 4.82. The summed E-state index contributed by atoms with van der Waals surface area (Å²) in [4.78, 5) is 21.7. The summed E-state index contributed by atoms with van der Waals surface area (Å²) < 4.78 is 27.8. The number of hydrogen-bond donors (Lipinski definition) is 1. The largest absolute Gasteiger partial charge is 0.319 e. The molecule has 0 fully saturated rings. The third kappa shape index (κ3) is 4.69. The van der Waals surface area contributed by atoms with Gasteiger partial charge < -0.3 is 4.57 Å². The highest BCUT2D eigenvalue weighted by molar-refractivity contribution is 9.10. The first-order chi connectivity index (χ1) is 14.8. The van der Waals surface area contributed by atoms with E-state index in [1.807, 2.05) is 6.07 Å². The van der Waals surface area contributed by atoms with Gasteiger partial charge in [-0.25, -0.2) is 23.5 Å². The summed E-state index contributed by atoms with van der Waals surface area (Å²) in [7, 11) is -3.81. The maximum atomic E-state index is 12.4. The Morgan fingerprint density at radius 2 is 1.97 bits per heavy atom. The number of unbranched alkanes of at least 4 members (excludes halogenated alkanes) is 1.